The van der Waals surface area contributed by atoms with Crippen LogP contribution in [0.2, 0.25) is 0 Å². The first-order valence-corrected chi connectivity index (χ1v) is 8.08. The molecule has 5 heteroatoms. The summed E-state index contributed by atoms with van der Waals surface area (Å²) in [5.41, 5.74) is 0. The van der Waals surface area contributed by atoms with E-state index in [-0.39, 0.29) is 13.4 Å². The van der Waals surface area contributed by atoms with Gasteiger partial charge in [-0.05, 0) is 25.7 Å². The van der Waals surface area contributed by atoms with Gasteiger partial charge in [0.05, 0.1) is 0 Å². The molecular weight excluding hydrogens is 226 g/mol. The average molecular weight is 242 g/mol. The summed E-state index contributed by atoms with van der Waals surface area (Å²) in [4.78, 5) is 0. The fourth-order valence-electron chi connectivity index (χ4n) is 1.02. The normalized spacial score (nSPS) is 19.5. The SMILES string of the molecule is C1CCOC1.C1CCOC1.[Cl][Al][Cl]. The highest BCUT2D eigenvalue weighted by atomic mass is 35.7. The van der Waals surface area contributed by atoms with E-state index in [4.69, 9.17) is 29.6 Å². The predicted octanol–water partition coefficient (Wildman–Crippen LogP) is 2.59. The smallest absolute Gasteiger partial charge is 0.381 e. The molecule has 0 atom stereocenters. The molecule has 13 heavy (non-hydrogen) atoms. The minimum absolute atomic E-state index is 0.306. The molecule has 0 amide bonds. The van der Waals surface area contributed by atoms with Gasteiger partial charge in [0.2, 0.25) is 0 Å². The van der Waals surface area contributed by atoms with Gasteiger partial charge in [-0.3, -0.25) is 0 Å². The highest BCUT2D eigenvalue weighted by molar-refractivity contribution is 7.22. The zero-order chi connectivity index (χ0) is 9.78. The first kappa shape index (κ1) is 14.0. The Hall–Kier alpha value is 1.03. The third-order valence-electron chi connectivity index (χ3n) is 1.65. The van der Waals surface area contributed by atoms with E-state index in [1.165, 1.54) is 25.7 Å². The molecule has 0 N–H and O–H groups in total. The number of hydrogen-bond acceptors (Lipinski definition) is 2. The van der Waals surface area contributed by atoms with Gasteiger partial charge in [-0.1, -0.05) is 0 Å². The fraction of sp³-hybridized carbons (Fsp3) is 1.00. The number of hydrogen-bond donors (Lipinski definition) is 0. The van der Waals surface area contributed by atoms with Crippen molar-refractivity contribution in [1.29, 1.82) is 0 Å². The van der Waals surface area contributed by atoms with Crippen molar-refractivity contribution >= 4 is 33.5 Å². The molecular formula is C8H16AlCl2O2. The Labute approximate surface area is 95.0 Å². The minimum Gasteiger partial charge on any atom is -0.381 e. The van der Waals surface area contributed by atoms with E-state index < -0.39 is 0 Å². The molecule has 0 aliphatic carbocycles. The van der Waals surface area contributed by atoms with Gasteiger partial charge in [0, 0.05) is 26.4 Å². The van der Waals surface area contributed by atoms with Gasteiger partial charge in [-0.15, -0.1) is 0 Å². The molecule has 2 nitrogen and oxygen atoms in total. The molecule has 0 aromatic rings. The second-order valence-electron chi connectivity index (χ2n) is 2.72. The Kier molecular flexibility index (Phi) is 14.1. The number of halogens is 2. The van der Waals surface area contributed by atoms with Crippen molar-refractivity contribution in [3.05, 3.63) is 0 Å². The second-order valence-corrected chi connectivity index (χ2v) is 4.87. The molecule has 0 saturated carbocycles. The van der Waals surface area contributed by atoms with Crippen LogP contribution in [0.1, 0.15) is 25.7 Å². The van der Waals surface area contributed by atoms with Crippen LogP contribution in [0.25, 0.3) is 0 Å². The van der Waals surface area contributed by atoms with Gasteiger partial charge < -0.3 is 9.47 Å². The molecule has 2 fully saturated rings. The summed E-state index contributed by atoms with van der Waals surface area (Å²) in [6.45, 7) is 4.00. The van der Waals surface area contributed by atoms with Crippen molar-refractivity contribution < 1.29 is 9.47 Å². The zero-order valence-corrected chi connectivity index (χ0v) is 10.5. The van der Waals surface area contributed by atoms with Gasteiger partial charge in [0.1, 0.15) is 0 Å². The van der Waals surface area contributed by atoms with Crippen LogP contribution < -0.4 is 0 Å². The summed E-state index contributed by atoms with van der Waals surface area (Å²) in [6, 6.07) is 0. The molecule has 1 radical (unpaired) electrons. The van der Waals surface area contributed by atoms with E-state index >= 15 is 0 Å². The molecule has 2 aliphatic heterocycles. The monoisotopic (exact) mass is 241 g/mol. The lowest BCUT2D eigenvalue weighted by Crippen LogP contribution is -1.74. The standard InChI is InChI=1S/2C4H8O.Al.2ClH/c2*1-2-4-5-3-1;;;/h2*1-4H2;;2*1H/q;;+2;;/p-2. The third-order valence-corrected chi connectivity index (χ3v) is 1.65. The van der Waals surface area contributed by atoms with Crippen molar-refractivity contribution in [2.45, 2.75) is 25.7 Å². The lowest BCUT2D eigenvalue weighted by atomic mass is 10.4. The van der Waals surface area contributed by atoms with E-state index in [0.29, 0.717) is 0 Å². The Balaban J connectivity index is 0.000000174. The summed E-state index contributed by atoms with van der Waals surface area (Å²) in [5.74, 6) is 0. The predicted molar refractivity (Wildman–Crippen MR) is 57.6 cm³/mol. The average Bonchev–Trinajstić information content (AvgIpc) is 2.85. The highest BCUT2D eigenvalue weighted by Gasteiger charge is 1.95. The Morgan fingerprint density at radius 2 is 0.923 bits per heavy atom. The highest BCUT2D eigenvalue weighted by Crippen LogP contribution is 1.98. The maximum Gasteiger partial charge on any atom is 0.495 e. The van der Waals surface area contributed by atoms with Gasteiger partial charge in [-0.2, -0.15) is 0 Å². The Morgan fingerprint density at radius 1 is 0.692 bits per heavy atom. The van der Waals surface area contributed by atoms with E-state index in [0.717, 1.165) is 26.4 Å². The summed E-state index contributed by atoms with van der Waals surface area (Å²) in [5, 5.41) is 0. The Morgan fingerprint density at radius 3 is 1.00 bits per heavy atom. The van der Waals surface area contributed by atoms with E-state index in [2.05, 4.69) is 0 Å². The minimum atomic E-state index is -0.306. The first-order chi connectivity index (χ1) is 6.41. The van der Waals surface area contributed by atoms with Crippen molar-refractivity contribution in [2.75, 3.05) is 26.4 Å². The fourth-order valence-corrected chi connectivity index (χ4v) is 1.02. The molecule has 0 unspecified atom stereocenters. The maximum atomic E-state index is 4.94. The van der Waals surface area contributed by atoms with Crippen molar-refractivity contribution in [1.82, 2.24) is 0 Å². The van der Waals surface area contributed by atoms with E-state index in [1.807, 2.05) is 0 Å². The second kappa shape index (κ2) is 13.0. The number of ether oxygens (including phenoxy) is 2. The molecule has 77 valence electrons. The molecule has 2 heterocycles. The summed E-state index contributed by atoms with van der Waals surface area (Å²) >= 11 is -0.306. The maximum absolute atomic E-state index is 4.94. The van der Waals surface area contributed by atoms with Gasteiger partial charge >= 0.3 is 13.4 Å². The van der Waals surface area contributed by atoms with Crippen LogP contribution in [0.15, 0.2) is 0 Å². The zero-order valence-electron chi connectivity index (χ0n) is 7.81. The number of rotatable bonds is 0. The lowest BCUT2D eigenvalue weighted by Gasteiger charge is -1.76. The van der Waals surface area contributed by atoms with E-state index in [1.54, 1.807) is 0 Å². The quantitative estimate of drug-likeness (QED) is 0.608. The van der Waals surface area contributed by atoms with Gasteiger partial charge in [-0.25, -0.2) is 20.1 Å². The summed E-state index contributed by atoms with van der Waals surface area (Å²) < 4.78 is 9.89. The third kappa shape index (κ3) is 13.0. The largest absolute Gasteiger partial charge is 0.495 e. The van der Waals surface area contributed by atoms with Crippen molar-refractivity contribution in [3.63, 3.8) is 0 Å². The van der Waals surface area contributed by atoms with Crippen LogP contribution in [0, 0.1) is 0 Å². The van der Waals surface area contributed by atoms with Gasteiger partial charge in [0.15, 0.2) is 0 Å². The Bertz CT molecular complexity index is 63.0. The molecule has 0 aromatic carbocycles. The van der Waals surface area contributed by atoms with Gasteiger partial charge in [0.25, 0.3) is 0 Å². The van der Waals surface area contributed by atoms with Crippen LogP contribution in [-0.4, -0.2) is 39.8 Å². The summed E-state index contributed by atoms with van der Waals surface area (Å²) in [6.07, 6.45) is 5.11. The topological polar surface area (TPSA) is 18.5 Å². The molecule has 0 aromatic heterocycles. The molecule has 2 rings (SSSR count). The summed E-state index contributed by atoms with van der Waals surface area (Å²) in [7, 11) is 9.69. The van der Waals surface area contributed by atoms with Crippen LogP contribution in [0.5, 0.6) is 0 Å². The molecule has 0 bridgehead atoms. The van der Waals surface area contributed by atoms with Crippen molar-refractivity contribution in [3.8, 4) is 0 Å². The van der Waals surface area contributed by atoms with Crippen LogP contribution in [0.4, 0.5) is 0 Å². The van der Waals surface area contributed by atoms with Crippen molar-refractivity contribution in [2.24, 2.45) is 0 Å². The van der Waals surface area contributed by atoms with Crippen LogP contribution >= 0.6 is 20.1 Å². The molecule has 2 aliphatic rings. The molecule has 2 saturated heterocycles. The van der Waals surface area contributed by atoms with E-state index in [9.17, 15) is 0 Å². The van der Waals surface area contributed by atoms with Crippen LogP contribution in [0.3, 0.4) is 0 Å². The van der Waals surface area contributed by atoms with Crippen LogP contribution in [-0.2, 0) is 9.47 Å². The lowest BCUT2D eigenvalue weighted by molar-refractivity contribution is 0.198. The first-order valence-electron chi connectivity index (χ1n) is 4.59. The molecule has 0 spiro atoms.